The number of carbonyl (C=O) groups is 1. The number of aromatic nitrogens is 3. The van der Waals surface area contributed by atoms with Crippen molar-refractivity contribution in [1.29, 1.82) is 0 Å². The van der Waals surface area contributed by atoms with E-state index in [1.165, 1.54) is 10.6 Å². The lowest BCUT2D eigenvalue weighted by Crippen LogP contribution is -2.55. The van der Waals surface area contributed by atoms with E-state index in [1.54, 1.807) is 46.2 Å². The minimum absolute atomic E-state index is 0.0971. The first-order valence-electron chi connectivity index (χ1n) is 7.59. The summed E-state index contributed by atoms with van der Waals surface area (Å²) < 4.78 is 26.5. The molecular formula is C15H19N5O3S. The maximum Gasteiger partial charge on any atom is 0.253 e. The van der Waals surface area contributed by atoms with Gasteiger partial charge in [-0.05, 0) is 31.2 Å². The van der Waals surface area contributed by atoms with Crippen molar-refractivity contribution in [1.82, 2.24) is 24.2 Å². The molecule has 0 spiro atoms. The van der Waals surface area contributed by atoms with Crippen LogP contribution in [0.5, 0.6) is 0 Å². The molecule has 0 aliphatic carbocycles. The van der Waals surface area contributed by atoms with Gasteiger partial charge in [0.1, 0.15) is 0 Å². The van der Waals surface area contributed by atoms with Crippen molar-refractivity contribution in [3.05, 3.63) is 42.2 Å². The number of hydrogen-bond donors (Lipinski definition) is 0. The molecule has 128 valence electrons. The van der Waals surface area contributed by atoms with Crippen LogP contribution in [-0.4, -0.2) is 70.5 Å². The average molecular weight is 349 g/mol. The van der Waals surface area contributed by atoms with Crippen molar-refractivity contribution in [2.75, 3.05) is 25.9 Å². The van der Waals surface area contributed by atoms with Crippen LogP contribution in [0.4, 0.5) is 0 Å². The summed E-state index contributed by atoms with van der Waals surface area (Å²) in [4.78, 5) is 14.3. The molecule has 1 aromatic carbocycles. The van der Waals surface area contributed by atoms with Crippen LogP contribution in [0.3, 0.4) is 0 Å². The molecule has 1 aliphatic rings. The highest BCUT2D eigenvalue weighted by Crippen LogP contribution is 2.16. The van der Waals surface area contributed by atoms with Crippen molar-refractivity contribution in [3.63, 3.8) is 0 Å². The predicted octanol–water partition coefficient (Wildman–Crippen LogP) is 0.373. The van der Waals surface area contributed by atoms with E-state index < -0.39 is 10.0 Å². The molecule has 8 nitrogen and oxygen atoms in total. The number of nitrogens with zero attached hydrogens (tertiary/aromatic N) is 5. The van der Waals surface area contributed by atoms with E-state index in [0.29, 0.717) is 25.2 Å². The third-order valence-corrected chi connectivity index (χ3v) is 5.48. The number of carbonyl (C=O) groups excluding carboxylic acids is 1. The molecule has 0 bridgehead atoms. The van der Waals surface area contributed by atoms with Crippen molar-refractivity contribution in [3.8, 4) is 5.69 Å². The van der Waals surface area contributed by atoms with Crippen LogP contribution < -0.4 is 0 Å². The molecule has 2 heterocycles. The molecule has 3 rings (SSSR count). The fraction of sp³-hybridized carbons (Fsp3) is 0.400. The number of amides is 1. The van der Waals surface area contributed by atoms with Gasteiger partial charge in [-0.3, -0.25) is 4.79 Å². The highest BCUT2D eigenvalue weighted by atomic mass is 32.2. The van der Waals surface area contributed by atoms with E-state index in [1.807, 2.05) is 6.92 Å². The van der Waals surface area contributed by atoms with Crippen molar-refractivity contribution < 1.29 is 13.2 Å². The second-order valence-electron chi connectivity index (χ2n) is 5.87. The van der Waals surface area contributed by atoms with E-state index in [9.17, 15) is 13.2 Å². The van der Waals surface area contributed by atoms with Gasteiger partial charge in [0, 0.05) is 31.2 Å². The van der Waals surface area contributed by atoms with E-state index in [4.69, 9.17) is 0 Å². The molecule has 1 amide bonds. The van der Waals surface area contributed by atoms with Gasteiger partial charge in [-0.15, -0.1) is 5.10 Å². The molecule has 2 aromatic rings. The zero-order valence-corrected chi connectivity index (χ0v) is 14.3. The Balaban J connectivity index is 1.71. The van der Waals surface area contributed by atoms with Crippen LogP contribution in [0.15, 0.2) is 36.7 Å². The third kappa shape index (κ3) is 3.31. The van der Waals surface area contributed by atoms with Gasteiger partial charge in [0.25, 0.3) is 5.91 Å². The molecule has 1 fully saturated rings. The minimum Gasteiger partial charge on any atom is -0.336 e. The van der Waals surface area contributed by atoms with Crippen LogP contribution >= 0.6 is 0 Å². The first-order chi connectivity index (χ1) is 11.4. The zero-order valence-electron chi connectivity index (χ0n) is 13.5. The Labute approximate surface area is 140 Å². The van der Waals surface area contributed by atoms with Gasteiger partial charge in [0.2, 0.25) is 10.0 Å². The number of sulfonamides is 1. The highest BCUT2D eigenvalue weighted by molar-refractivity contribution is 7.88. The number of piperazine rings is 1. The molecule has 9 heteroatoms. The monoisotopic (exact) mass is 349 g/mol. The second kappa shape index (κ2) is 6.33. The topological polar surface area (TPSA) is 88.4 Å². The lowest BCUT2D eigenvalue weighted by atomic mass is 10.1. The van der Waals surface area contributed by atoms with E-state index in [2.05, 4.69) is 10.3 Å². The Hall–Kier alpha value is -2.26. The quantitative estimate of drug-likeness (QED) is 0.799. The van der Waals surface area contributed by atoms with Crippen molar-refractivity contribution >= 4 is 15.9 Å². The lowest BCUT2D eigenvalue weighted by molar-refractivity contribution is 0.0643. The molecule has 0 radical (unpaired) electrons. The average Bonchev–Trinajstić information content (AvgIpc) is 3.07. The van der Waals surface area contributed by atoms with Gasteiger partial charge in [0.15, 0.2) is 0 Å². The molecule has 0 saturated carbocycles. The van der Waals surface area contributed by atoms with Crippen LogP contribution in [0.2, 0.25) is 0 Å². The fourth-order valence-corrected chi connectivity index (χ4v) is 4.04. The molecule has 0 unspecified atom stereocenters. The molecule has 1 aromatic heterocycles. The third-order valence-electron chi connectivity index (χ3n) is 4.08. The molecule has 1 atom stereocenters. The zero-order chi connectivity index (χ0) is 17.3. The molecular weight excluding hydrogens is 330 g/mol. The van der Waals surface area contributed by atoms with Gasteiger partial charge in [-0.25, -0.2) is 13.1 Å². The van der Waals surface area contributed by atoms with Gasteiger partial charge in [0.05, 0.1) is 24.3 Å². The summed E-state index contributed by atoms with van der Waals surface area (Å²) >= 11 is 0. The molecule has 1 aliphatic heterocycles. The summed E-state index contributed by atoms with van der Waals surface area (Å²) in [5.74, 6) is -0.0971. The van der Waals surface area contributed by atoms with Crippen molar-refractivity contribution in [2.45, 2.75) is 13.0 Å². The van der Waals surface area contributed by atoms with Gasteiger partial charge in [-0.2, -0.15) is 4.31 Å². The minimum atomic E-state index is -3.24. The normalized spacial score (nSPS) is 19.4. The van der Waals surface area contributed by atoms with E-state index >= 15 is 0 Å². The Morgan fingerprint density at radius 1 is 1.21 bits per heavy atom. The standard InChI is InChI=1S/C15H19N5O3S/c1-12-11-18(9-10-20(12)24(2,22)23)15(21)13-3-5-14(6-4-13)19-8-7-16-17-19/h3-8,12H,9-11H2,1-2H3/t12-/m0/s1. The first-order valence-corrected chi connectivity index (χ1v) is 9.44. The first kappa shape index (κ1) is 16.6. The second-order valence-corrected chi connectivity index (χ2v) is 7.80. The predicted molar refractivity (Wildman–Crippen MR) is 88.3 cm³/mol. The summed E-state index contributed by atoms with van der Waals surface area (Å²) in [5.41, 5.74) is 1.39. The van der Waals surface area contributed by atoms with Crippen molar-refractivity contribution in [2.24, 2.45) is 0 Å². The largest absolute Gasteiger partial charge is 0.336 e. The van der Waals surface area contributed by atoms with Crippen LogP contribution in [0.25, 0.3) is 5.69 Å². The van der Waals surface area contributed by atoms with Crippen LogP contribution in [-0.2, 0) is 10.0 Å². The smallest absolute Gasteiger partial charge is 0.253 e. The molecule has 1 saturated heterocycles. The lowest BCUT2D eigenvalue weighted by Gasteiger charge is -2.38. The van der Waals surface area contributed by atoms with E-state index in [-0.39, 0.29) is 11.9 Å². The summed E-state index contributed by atoms with van der Waals surface area (Å²) in [6, 6.07) is 6.86. The summed E-state index contributed by atoms with van der Waals surface area (Å²) in [5, 5.41) is 7.65. The van der Waals surface area contributed by atoms with E-state index in [0.717, 1.165) is 5.69 Å². The molecule has 24 heavy (non-hydrogen) atoms. The Morgan fingerprint density at radius 2 is 1.92 bits per heavy atom. The summed E-state index contributed by atoms with van der Waals surface area (Å²) in [6.45, 7) is 2.91. The number of benzene rings is 1. The Kier molecular flexibility index (Phi) is 4.37. The Bertz CT molecular complexity index is 817. The molecule has 0 N–H and O–H groups in total. The summed E-state index contributed by atoms with van der Waals surface area (Å²) in [7, 11) is -3.24. The fourth-order valence-electron chi connectivity index (χ4n) is 2.90. The summed E-state index contributed by atoms with van der Waals surface area (Å²) in [6.07, 6.45) is 4.51. The SMILES string of the molecule is C[C@H]1CN(C(=O)c2ccc(-n3ccnn3)cc2)CCN1S(C)(=O)=O. The Morgan fingerprint density at radius 3 is 2.46 bits per heavy atom. The highest BCUT2D eigenvalue weighted by Gasteiger charge is 2.32. The van der Waals surface area contributed by atoms with Gasteiger partial charge >= 0.3 is 0 Å². The maximum atomic E-state index is 12.6. The van der Waals surface area contributed by atoms with Crippen LogP contribution in [0, 0.1) is 0 Å². The van der Waals surface area contributed by atoms with Crippen LogP contribution in [0.1, 0.15) is 17.3 Å². The van der Waals surface area contributed by atoms with Gasteiger partial charge in [-0.1, -0.05) is 5.21 Å². The number of hydrogen-bond acceptors (Lipinski definition) is 5. The number of rotatable bonds is 3. The maximum absolute atomic E-state index is 12.6. The van der Waals surface area contributed by atoms with Gasteiger partial charge < -0.3 is 4.90 Å².